The predicted octanol–water partition coefficient (Wildman–Crippen LogP) is 2.98. The van der Waals surface area contributed by atoms with E-state index < -0.39 is 0 Å². The maximum absolute atomic E-state index is 5.37. The highest BCUT2D eigenvalue weighted by atomic mass is 16.3. The van der Waals surface area contributed by atoms with Gasteiger partial charge in [0, 0.05) is 0 Å². The van der Waals surface area contributed by atoms with E-state index in [1.807, 2.05) is 19.2 Å². The Morgan fingerprint density at radius 2 is 2.31 bits per heavy atom. The standard InChI is InChI=1S/C11H19NO/c1-4-9(2)8-10(12-3)11-6-5-7-13-11/h5-7,9-10,12H,4,8H2,1-3H3. The summed E-state index contributed by atoms with van der Waals surface area (Å²) in [5, 5.41) is 3.28. The molecule has 1 heterocycles. The zero-order valence-corrected chi connectivity index (χ0v) is 8.71. The highest BCUT2D eigenvalue weighted by Gasteiger charge is 2.14. The average Bonchev–Trinajstić information content (AvgIpc) is 2.66. The van der Waals surface area contributed by atoms with E-state index in [4.69, 9.17) is 4.42 Å². The van der Waals surface area contributed by atoms with Crippen LogP contribution in [-0.2, 0) is 0 Å². The first-order chi connectivity index (χ1) is 6.27. The third-order valence-corrected chi connectivity index (χ3v) is 2.57. The minimum absolute atomic E-state index is 0.366. The molecule has 0 aliphatic carbocycles. The van der Waals surface area contributed by atoms with E-state index in [9.17, 15) is 0 Å². The monoisotopic (exact) mass is 181 g/mol. The maximum atomic E-state index is 5.37. The molecule has 2 atom stereocenters. The minimum Gasteiger partial charge on any atom is -0.468 e. The van der Waals surface area contributed by atoms with Gasteiger partial charge in [-0.3, -0.25) is 0 Å². The second-order valence-corrected chi connectivity index (χ2v) is 3.61. The molecular weight excluding hydrogens is 162 g/mol. The van der Waals surface area contributed by atoms with Gasteiger partial charge in [0.2, 0.25) is 0 Å². The van der Waals surface area contributed by atoms with Gasteiger partial charge < -0.3 is 9.73 Å². The molecule has 1 aromatic rings. The zero-order valence-electron chi connectivity index (χ0n) is 8.71. The van der Waals surface area contributed by atoms with Crippen molar-refractivity contribution in [3.8, 4) is 0 Å². The van der Waals surface area contributed by atoms with Crippen molar-refractivity contribution in [2.75, 3.05) is 7.05 Å². The summed E-state index contributed by atoms with van der Waals surface area (Å²) in [7, 11) is 1.98. The summed E-state index contributed by atoms with van der Waals surface area (Å²) in [5.41, 5.74) is 0. The van der Waals surface area contributed by atoms with Gasteiger partial charge in [0.1, 0.15) is 5.76 Å². The lowest BCUT2D eigenvalue weighted by Gasteiger charge is -2.17. The van der Waals surface area contributed by atoms with Crippen LogP contribution in [-0.4, -0.2) is 7.05 Å². The van der Waals surface area contributed by atoms with Crippen molar-refractivity contribution in [2.24, 2.45) is 5.92 Å². The molecule has 0 aromatic carbocycles. The molecule has 13 heavy (non-hydrogen) atoms. The summed E-state index contributed by atoms with van der Waals surface area (Å²) < 4.78 is 5.37. The van der Waals surface area contributed by atoms with Gasteiger partial charge in [0.05, 0.1) is 12.3 Å². The fourth-order valence-corrected chi connectivity index (χ4v) is 1.43. The third-order valence-electron chi connectivity index (χ3n) is 2.57. The number of nitrogens with one attached hydrogen (secondary N) is 1. The summed E-state index contributed by atoms with van der Waals surface area (Å²) in [6.45, 7) is 4.49. The summed E-state index contributed by atoms with van der Waals surface area (Å²) in [5.74, 6) is 1.78. The lowest BCUT2D eigenvalue weighted by Crippen LogP contribution is -2.18. The lowest BCUT2D eigenvalue weighted by atomic mass is 9.98. The lowest BCUT2D eigenvalue weighted by molar-refractivity contribution is 0.362. The number of hydrogen-bond acceptors (Lipinski definition) is 2. The zero-order chi connectivity index (χ0) is 9.68. The van der Waals surface area contributed by atoms with E-state index in [1.165, 1.54) is 6.42 Å². The fourth-order valence-electron chi connectivity index (χ4n) is 1.43. The fraction of sp³-hybridized carbons (Fsp3) is 0.636. The smallest absolute Gasteiger partial charge is 0.120 e. The van der Waals surface area contributed by atoms with E-state index in [0.717, 1.165) is 18.1 Å². The summed E-state index contributed by atoms with van der Waals surface area (Å²) in [6, 6.07) is 4.34. The quantitative estimate of drug-likeness (QED) is 0.755. The van der Waals surface area contributed by atoms with E-state index in [-0.39, 0.29) is 0 Å². The molecule has 0 saturated carbocycles. The Hall–Kier alpha value is -0.760. The number of furan rings is 1. The maximum Gasteiger partial charge on any atom is 0.120 e. The normalized spacial score (nSPS) is 15.6. The molecule has 0 amide bonds. The van der Waals surface area contributed by atoms with Crippen molar-refractivity contribution in [1.82, 2.24) is 5.32 Å². The molecule has 0 bridgehead atoms. The Balaban J connectivity index is 2.53. The molecule has 0 fully saturated rings. The second kappa shape index (κ2) is 5.07. The van der Waals surface area contributed by atoms with Crippen LogP contribution in [0.3, 0.4) is 0 Å². The van der Waals surface area contributed by atoms with Crippen molar-refractivity contribution in [2.45, 2.75) is 32.7 Å². The van der Waals surface area contributed by atoms with Crippen molar-refractivity contribution in [3.63, 3.8) is 0 Å². The molecule has 2 nitrogen and oxygen atoms in total. The highest BCUT2D eigenvalue weighted by molar-refractivity contribution is 5.04. The van der Waals surface area contributed by atoms with Crippen LogP contribution < -0.4 is 5.32 Å². The first-order valence-corrected chi connectivity index (χ1v) is 4.98. The Morgan fingerprint density at radius 1 is 1.54 bits per heavy atom. The van der Waals surface area contributed by atoms with Crippen LogP contribution in [0.2, 0.25) is 0 Å². The topological polar surface area (TPSA) is 25.2 Å². The summed E-state index contributed by atoms with van der Waals surface area (Å²) in [4.78, 5) is 0. The molecule has 0 aliphatic heterocycles. The first kappa shape index (κ1) is 10.3. The van der Waals surface area contributed by atoms with Crippen LogP contribution in [0.1, 0.15) is 38.5 Å². The molecule has 1 N–H and O–H groups in total. The van der Waals surface area contributed by atoms with Gasteiger partial charge in [-0.15, -0.1) is 0 Å². The van der Waals surface area contributed by atoms with Crippen molar-refractivity contribution >= 4 is 0 Å². The molecular formula is C11H19NO. The predicted molar refractivity (Wildman–Crippen MR) is 54.6 cm³/mol. The minimum atomic E-state index is 0.366. The van der Waals surface area contributed by atoms with Crippen LogP contribution in [0.5, 0.6) is 0 Å². The van der Waals surface area contributed by atoms with Crippen LogP contribution in [0.4, 0.5) is 0 Å². The molecule has 2 unspecified atom stereocenters. The first-order valence-electron chi connectivity index (χ1n) is 4.98. The molecule has 74 valence electrons. The van der Waals surface area contributed by atoms with Gasteiger partial charge in [-0.1, -0.05) is 20.3 Å². The Morgan fingerprint density at radius 3 is 2.77 bits per heavy atom. The average molecular weight is 181 g/mol. The van der Waals surface area contributed by atoms with Gasteiger partial charge in [-0.25, -0.2) is 0 Å². The van der Waals surface area contributed by atoms with E-state index in [2.05, 4.69) is 19.2 Å². The van der Waals surface area contributed by atoms with Gasteiger partial charge in [-0.2, -0.15) is 0 Å². The molecule has 0 saturated heterocycles. The van der Waals surface area contributed by atoms with Gasteiger partial charge >= 0.3 is 0 Å². The van der Waals surface area contributed by atoms with Gasteiger partial charge in [0.15, 0.2) is 0 Å². The van der Waals surface area contributed by atoms with E-state index >= 15 is 0 Å². The molecule has 0 radical (unpaired) electrons. The molecule has 0 spiro atoms. The van der Waals surface area contributed by atoms with Crippen LogP contribution >= 0.6 is 0 Å². The molecule has 1 rings (SSSR count). The van der Waals surface area contributed by atoms with E-state index in [1.54, 1.807) is 6.26 Å². The van der Waals surface area contributed by atoms with Crippen molar-refractivity contribution in [3.05, 3.63) is 24.2 Å². The second-order valence-electron chi connectivity index (χ2n) is 3.61. The largest absolute Gasteiger partial charge is 0.468 e. The summed E-state index contributed by atoms with van der Waals surface area (Å²) in [6.07, 6.45) is 4.09. The number of rotatable bonds is 5. The molecule has 0 aliphatic rings. The summed E-state index contributed by atoms with van der Waals surface area (Å²) >= 11 is 0. The van der Waals surface area contributed by atoms with Crippen molar-refractivity contribution in [1.29, 1.82) is 0 Å². The Kier molecular flexibility index (Phi) is 4.03. The van der Waals surface area contributed by atoms with E-state index in [0.29, 0.717) is 6.04 Å². The van der Waals surface area contributed by atoms with Crippen LogP contribution in [0.15, 0.2) is 22.8 Å². The Labute approximate surface area is 80.3 Å². The van der Waals surface area contributed by atoms with Gasteiger partial charge in [-0.05, 0) is 31.5 Å². The van der Waals surface area contributed by atoms with Crippen molar-refractivity contribution < 1.29 is 4.42 Å². The van der Waals surface area contributed by atoms with Crippen LogP contribution in [0, 0.1) is 5.92 Å². The highest BCUT2D eigenvalue weighted by Crippen LogP contribution is 2.22. The number of hydrogen-bond donors (Lipinski definition) is 1. The van der Waals surface area contributed by atoms with Gasteiger partial charge in [0.25, 0.3) is 0 Å². The molecule has 1 aromatic heterocycles. The Bertz CT molecular complexity index is 218. The third kappa shape index (κ3) is 2.88. The SMILES string of the molecule is CCC(C)CC(NC)c1ccco1. The van der Waals surface area contributed by atoms with Crippen LogP contribution in [0.25, 0.3) is 0 Å². The molecule has 2 heteroatoms.